The summed E-state index contributed by atoms with van der Waals surface area (Å²) in [5.74, 6) is 0.745. The van der Waals surface area contributed by atoms with Gasteiger partial charge in [-0.1, -0.05) is 11.6 Å². The first-order valence-electron chi connectivity index (χ1n) is 7.66. The summed E-state index contributed by atoms with van der Waals surface area (Å²) in [7, 11) is 0. The summed E-state index contributed by atoms with van der Waals surface area (Å²) in [6, 6.07) is 10.5. The molecule has 2 amide bonds. The minimum absolute atomic E-state index is 0.0842. The average Bonchev–Trinajstić information content (AvgIpc) is 3.22. The second kappa shape index (κ2) is 7.53. The van der Waals surface area contributed by atoms with Crippen molar-refractivity contribution < 1.29 is 13.9 Å². The molecular formula is C17H19ClN2O3. The van der Waals surface area contributed by atoms with Crippen LogP contribution in [0.3, 0.4) is 0 Å². The Morgan fingerprint density at radius 1 is 1.30 bits per heavy atom. The molecule has 122 valence electrons. The van der Waals surface area contributed by atoms with Gasteiger partial charge in [-0.3, -0.25) is 0 Å². The van der Waals surface area contributed by atoms with E-state index in [0.717, 1.165) is 25.2 Å². The Labute approximate surface area is 140 Å². The van der Waals surface area contributed by atoms with Crippen molar-refractivity contribution >= 4 is 23.3 Å². The summed E-state index contributed by atoms with van der Waals surface area (Å²) in [5.41, 5.74) is 0.705. The van der Waals surface area contributed by atoms with Gasteiger partial charge in [0.25, 0.3) is 0 Å². The number of rotatable bonds is 5. The number of carbonyl (C=O) groups is 1. The van der Waals surface area contributed by atoms with Crippen molar-refractivity contribution in [1.29, 1.82) is 0 Å². The fraction of sp³-hybridized carbons (Fsp3) is 0.353. The zero-order valence-corrected chi connectivity index (χ0v) is 13.5. The van der Waals surface area contributed by atoms with Crippen molar-refractivity contribution in [3.8, 4) is 0 Å². The van der Waals surface area contributed by atoms with Gasteiger partial charge in [0, 0.05) is 23.9 Å². The molecule has 1 N–H and O–H groups in total. The van der Waals surface area contributed by atoms with Gasteiger partial charge in [0.15, 0.2) is 0 Å². The molecule has 5 nitrogen and oxygen atoms in total. The number of benzene rings is 1. The highest BCUT2D eigenvalue weighted by molar-refractivity contribution is 6.30. The number of nitrogens with one attached hydrogen (secondary N) is 1. The minimum Gasteiger partial charge on any atom is -0.467 e. The molecular weight excluding hydrogens is 316 g/mol. The molecule has 1 saturated heterocycles. The third kappa shape index (κ3) is 4.50. The summed E-state index contributed by atoms with van der Waals surface area (Å²) in [5, 5.41) is 3.52. The molecule has 0 unspecified atom stereocenters. The Balaban J connectivity index is 1.67. The number of halogens is 1. The Hall–Kier alpha value is -1.98. The monoisotopic (exact) mass is 334 g/mol. The Morgan fingerprint density at radius 2 is 2.13 bits per heavy atom. The lowest BCUT2D eigenvalue weighted by atomic mass is 10.2. The van der Waals surface area contributed by atoms with E-state index in [-0.39, 0.29) is 12.1 Å². The number of urea groups is 1. The van der Waals surface area contributed by atoms with Crippen molar-refractivity contribution in [3.05, 3.63) is 53.4 Å². The summed E-state index contributed by atoms with van der Waals surface area (Å²) < 4.78 is 11.0. The van der Waals surface area contributed by atoms with Crippen LogP contribution < -0.4 is 5.32 Å². The van der Waals surface area contributed by atoms with Crippen LogP contribution in [-0.4, -0.2) is 30.2 Å². The maximum absolute atomic E-state index is 12.6. The fourth-order valence-corrected chi connectivity index (χ4v) is 2.71. The van der Waals surface area contributed by atoms with Crippen LogP contribution in [0.25, 0.3) is 0 Å². The predicted octanol–water partition coefficient (Wildman–Crippen LogP) is 4.15. The van der Waals surface area contributed by atoms with Crippen LogP contribution in [0.4, 0.5) is 10.5 Å². The Kier molecular flexibility index (Phi) is 5.20. The third-order valence-electron chi connectivity index (χ3n) is 3.76. The lowest BCUT2D eigenvalue weighted by molar-refractivity contribution is 0.0803. The molecule has 0 aliphatic carbocycles. The zero-order valence-electron chi connectivity index (χ0n) is 12.7. The van der Waals surface area contributed by atoms with Gasteiger partial charge in [-0.15, -0.1) is 0 Å². The van der Waals surface area contributed by atoms with E-state index in [1.54, 1.807) is 35.4 Å². The molecule has 2 aromatic rings. The van der Waals surface area contributed by atoms with Crippen LogP contribution in [0.15, 0.2) is 47.1 Å². The quantitative estimate of drug-likeness (QED) is 0.893. The second-order valence-corrected chi connectivity index (χ2v) is 5.97. The van der Waals surface area contributed by atoms with Crippen LogP contribution >= 0.6 is 11.6 Å². The van der Waals surface area contributed by atoms with Crippen molar-refractivity contribution in [1.82, 2.24) is 4.90 Å². The van der Waals surface area contributed by atoms with Gasteiger partial charge in [0.05, 0.1) is 18.9 Å². The zero-order chi connectivity index (χ0) is 16.1. The summed E-state index contributed by atoms with van der Waals surface area (Å²) in [4.78, 5) is 14.3. The molecule has 2 heterocycles. The first-order valence-corrected chi connectivity index (χ1v) is 8.04. The van der Waals surface area contributed by atoms with Crippen molar-refractivity contribution in [2.45, 2.75) is 25.5 Å². The topological polar surface area (TPSA) is 54.7 Å². The SMILES string of the molecule is O=C(Nc1ccc(Cl)cc1)N(Cc1ccco1)C[C@@H]1CCCO1. The Morgan fingerprint density at radius 3 is 2.78 bits per heavy atom. The van der Waals surface area contributed by atoms with Gasteiger partial charge in [-0.2, -0.15) is 0 Å². The van der Waals surface area contributed by atoms with Crippen LogP contribution in [0.1, 0.15) is 18.6 Å². The lowest BCUT2D eigenvalue weighted by Gasteiger charge is -2.25. The minimum atomic E-state index is -0.181. The smallest absolute Gasteiger partial charge is 0.322 e. The first-order chi connectivity index (χ1) is 11.2. The number of nitrogens with zero attached hydrogens (tertiary/aromatic N) is 1. The standard InChI is InChI=1S/C17H19ClN2O3/c18-13-5-7-14(8-6-13)19-17(21)20(11-15-3-1-9-22-15)12-16-4-2-10-23-16/h1,3,5-9,16H,2,4,10-12H2,(H,19,21)/t16-/m0/s1. The fourth-order valence-electron chi connectivity index (χ4n) is 2.58. The van der Waals surface area contributed by atoms with Crippen molar-refractivity contribution in [2.24, 2.45) is 0 Å². The molecule has 6 heteroatoms. The van der Waals surface area contributed by atoms with Crippen LogP contribution in [0.5, 0.6) is 0 Å². The van der Waals surface area contributed by atoms with Crippen LogP contribution in [0, 0.1) is 0 Å². The highest BCUT2D eigenvalue weighted by Gasteiger charge is 2.23. The van der Waals surface area contributed by atoms with Crippen molar-refractivity contribution in [2.75, 3.05) is 18.5 Å². The van der Waals surface area contributed by atoms with E-state index in [9.17, 15) is 4.79 Å². The van der Waals surface area contributed by atoms with E-state index in [2.05, 4.69) is 5.32 Å². The van der Waals surface area contributed by atoms with E-state index >= 15 is 0 Å². The molecule has 1 aromatic heterocycles. The van der Waals surface area contributed by atoms with Gasteiger partial charge >= 0.3 is 6.03 Å². The third-order valence-corrected chi connectivity index (χ3v) is 4.01. The van der Waals surface area contributed by atoms with E-state index in [1.807, 2.05) is 12.1 Å². The molecule has 0 saturated carbocycles. The van der Waals surface area contributed by atoms with E-state index in [1.165, 1.54) is 0 Å². The average molecular weight is 335 g/mol. The highest BCUT2D eigenvalue weighted by atomic mass is 35.5. The molecule has 0 spiro atoms. The Bertz CT molecular complexity index is 622. The molecule has 1 aliphatic rings. The van der Waals surface area contributed by atoms with Gasteiger partial charge in [0.1, 0.15) is 5.76 Å². The number of furan rings is 1. The second-order valence-electron chi connectivity index (χ2n) is 5.53. The summed E-state index contributed by atoms with van der Waals surface area (Å²) in [6.45, 7) is 1.71. The molecule has 1 atom stereocenters. The number of carbonyl (C=O) groups excluding carboxylic acids is 1. The van der Waals surface area contributed by atoms with Crippen LogP contribution in [0.2, 0.25) is 5.02 Å². The number of hydrogen-bond donors (Lipinski definition) is 1. The molecule has 0 bridgehead atoms. The van der Waals surface area contributed by atoms with Crippen molar-refractivity contribution in [3.63, 3.8) is 0 Å². The first kappa shape index (κ1) is 15.9. The molecule has 23 heavy (non-hydrogen) atoms. The number of anilines is 1. The predicted molar refractivity (Wildman–Crippen MR) is 88.6 cm³/mol. The van der Waals surface area contributed by atoms with E-state index < -0.39 is 0 Å². The molecule has 1 fully saturated rings. The maximum Gasteiger partial charge on any atom is 0.322 e. The van der Waals surface area contributed by atoms with Gasteiger partial charge < -0.3 is 19.4 Å². The molecule has 3 rings (SSSR count). The highest BCUT2D eigenvalue weighted by Crippen LogP contribution is 2.18. The number of hydrogen-bond acceptors (Lipinski definition) is 3. The summed E-state index contributed by atoms with van der Waals surface area (Å²) >= 11 is 5.87. The molecule has 1 aliphatic heterocycles. The van der Waals surface area contributed by atoms with Crippen LogP contribution in [-0.2, 0) is 11.3 Å². The molecule has 0 radical (unpaired) electrons. The van der Waals surface area contributed by atoms with E-state index in [4.69, 9.17) is 20.8 Å². The lowest BCUT2D eigenvalue weighted by Crippen LogP contribution is -2.39. The van der Waals surface area contributed by atoms with Gasteiger partial charge in [0.2, 0.25) is 0 Å². The summed E-state index contributed by atoms with van der Waals surface area (Å²) in [6.07, 6.45) is 3.71. The largest absolute Gasteiger partial charge is 0.467 e. The number of amides is 2. The van der Waals surface area contributed by atoms with E-state index in [0.29, 0.717) is 23.8 Å². The maximum atomic E-state index is 12.6. The van der Waals surface area contributed by atoms with Gasteiger partial charge in [-0.05, 0) is 49.2 Å². The normalized spacial score (nSPS) is 17.2. The molecule has 1 aromatic carbocycles. The van der Waals surface area contributed by atoms with Gasteiger partial charge in [-0.25, -0.2) is 4.79 Å². The number of ether oxygens (including phenoxy) is 1.